The van der Waals surface area contributed by atoms with Crippen LogP contribution in [0.4, 0.5) is 13.2 Å². The molecule has 0 amide bonds. The van der Waals surface area contributed by atoms with Crippen molar-refractivity contribution in [3.63, 3.8) is 0 Å². The summed E-state index contributed by atoms with van der Waals surface area (Å²) >= 11 is 0. The number of alkyl halides is 3. The molecular weight excluding hydrogens is 273 g/mol. The number of hydrogen-bond acceptors (Lipinski definition) is 3. The lowest BCUT2D eigenvalue weighted by molar-refractivity contribution is -0.142. The van der Waals surface area contributed by atoms with Crippen LogP contribution in [0.1, 0.15) is 11.3 Å². The van der Waals surface area contributed by atoms with Gasteiger partial charge < -0.3 is 4.84 Å². The summed E-state index contributed by atoms with van der Waals surface area (Å²) < 4.78 is 39.5. The molecule has 0 aliphatic rings. The third-order valence-corrected chi connectivity index (χ3v) is 2.75. The van der Waals surface area contributed by atoms with Gasteiger partial charge in [0.25, 0.3) is 5.56 Å². The van der Waals surface area contributed by atoms with E-state index in [0.717, 1.165) is 11.7 Å². The second-order valence-corrected chi connectivity index (χ2v) is 4.05. The minimum atomic E-state index is -4.69. The monoisotopic (exact) mass is 284 g/mol. The number of aromatic nitrogens is 2. The van der Waals surface area contributed by atoms with E-state index in [4.69, 9.17) is 4.84 Å². The van der Waals surface area contributed by atoms with Crippen LogP contribution in [-0.2, 0) is 6.18 Å². The number of hydrogen-bond donors (Lipinski definition) is 0. The van der Waals surface area contributed by atoms with Gasteiger partial charge in [-0.1, -0.05) is 30.3 Å². The Morgan fingerprint density at radius 2 is 1.80 bits per heavy atom. The standard InChI is InChI=1S/C13H11F3N2O2/c1-8-10(13(14,15)16)17-11(18(20-2)12(8)19)9-6-4-3-5-7-9/h3-7H,1-2H3. The number of halogens is 3. The van der Waals surface area contributed by atoms with Gasteiger partial charge in [0.15, 0.2) is 11.5 Å². The Morgan fingerprint density at radius 3 is 2.30 bits per heavy atom. The van der Waals surface area contributed by atoms with Crippen molar-refractivity contribution in [2.24, 2.45) is 0 Å². The van der Waals surface area contributed by atoms with Crippen LogP contribution in [-0.4, -0.2) is 16.8 Å². The molecule has 1 aromatic heterocycles. The van der Waals surface area contributed by atoms with E-state index in [9.17, 15) is 18.0 Å². The summed E-state index contributed by atoms with van der Waals surface area (Å²) in [5.74, 6) is -0.184. The smallest absolute Gasteiger partial charge is 0.412 e. The molecule has 1 aromatic carbocycles. The van der Waals surface area contributed by atoms with E-state index in [1.54, 1.807) is 30.3 Å². The zero-order valence-electron chi connectivity index (χ0n) is 10.7. The fourth-order valence-corrected chi connectivity index (χ4v) is 1.80. The minimum absolute atomic E-state index is 0.184. The summed E-state index contributed by atoms with van der Waals surface area (Å²) in [6.07, 6.45) is -4.69. The molecule has 0 atom stereocenters. The van der Waals surface area contributed by atoms with Gasteiger partial charge in [-0.05, 0) is 6.92 Å². The highest BCUT2D eigenvalue weighted by molar-refractivity contribution is 5.55. The maximum absolute atomic E-state index is 12.9. The van der Waals surface area contributed by atoms with Crippen LogP contribution in [0.25, 0.3) is 11.4 Å². The lowest BCUT2D eigenvalue weighted by Gasteiger charge is -2.15. The van der Waals surface area contributed by atoms with E-state index < -0.39 is 23.0 Å². The van der Waals surface area contributed by atoms with Crippen LogP contribution in [0.5, 0.6) is 0 Å². The lowest BCUT2D eigenvalue weighted by Crippen LogP contribution is -2.32. The van der Waals surface area contributed by atoms with E-state index in [2.05, 4.69) is 4.98 Å². The molecule has 0 aliphatic heterocycles. The first kappa shape index (κ1) is 14.1. The molecular formula is C13H11F3N2O2. The second kappa shape index (κ2) is 4.99. The Hall–Kier alpha value is -2.31. The predicted octanol–water partition coefficient (Wildman–Crippen LogP) is 2.30. The molecule has 0 saturated carbocycles. The van der Waals surface area contributed by atoms with Crippen LogP contribution >= 0.6 is 0 Å². The molecule has 0 spiro atoms. The van der Waals surface area contributed by atoms with E-state index in [0.29, 0.717) is 5.56 Å². The highest BCUT2D eigenvalue weighted by Gasteiger charge is 2.37. The van der Waals surface area contributed by atoms with Gasteiger partial charge in [-0.25, -0.2) is 4.98 Å². The van der Waals surface area contributed by atoms with Crippen molar-refractivity contribution in [1.29, 1.82) is 0 Å². The molecule has 0 fully saturated rings. The Labute approximate surface area is 112 Å². The zero-order chi connectivity index (χ0) is 14.9. The molecule has 2 aromatic rings. The topological polar surface area (TPSA) is 44.1 Å². The van der Waals surface area contributed by atoms with Crippen LogP contribution in [0.2, 0.25) is 0 Å². The van der Waals surface area contributed by atoms with Gasteiger partial charge in [0.2, 0.25) is 0 Å². The van der Waals surface area contributed by atoms with E-state index in [1.165, 1.54) is 7.11 Å². The quantitative estimate of drug-likeness (QED) is 0.850. The Morgan fingerprint density at radius 1 is 1.20 bits per heavy atom. The van der Waals surface area contributed by atoms with E-state index >= 15 is 0 Å². The molecule has 20 heavy (non-hydrogen) atoms. The molecule has 0 bridgehead atoms. The van der Waals surface area contributed by atoms with Crippen LogP contribution < -0.4 is 10.4 Å². The van der Waals surface area contributed by atoms with E-state index in [1.807, 2.05) is 0 Å². The van der Waals surface area contributed by atoms with Crippen molar-refractivity contribution in [3.05, 3.63) is 51.9 Å². The van der Waals surface area contributed by atoms with Gasteiger partial charge in [-0.15, -0.1) is 4.73 Å². The Balaban J connectivity index is 2.81. The van der Waals surface area contributed by atoms with Crippen LogP contribution in [0, 0.1) is 6.92 Å². The lowest BCUT2D eigenvalue weighted by atomic mass is 10.2. The summed E-state index contributed by atoms with van der Waals surface area (Å²) in [4.78, 5) is 20.4. The Kier molecular flexibility index (Phi) is 3.52. The maximum Gasteiger partial charge on any atom is 0.433 e. The minimum Gasteiger partial charge on any atom is -0.412 e. The maximum atomic E-state index is 12.9. The first-order valence-corrected chi connectivity index (χ1v) is 5.67. The second-order valence-electron chi connectivity index (χ2n) is 4.05. The van der Waals surface area contributed by atoms with E-state index in [-0.39, 0.29) is 5.82 Å². The summed E-state index contributed by atoms with van der Waals surface area (Å²) in [5.41, 5.74) is -2.22. The van der Waals surface area contributed by atoms with Crippen LogP contribution in [0.15, 0.2) is 35.1 Å². The number of benzene rings is 1. The normalized spacial score (nSPS) is 11.4. The molecule has 0 unspecified atom stereocenters. The molecule has 4 nitrogen and oxygen atoms in total. The molecule has 0 radical (unpaired) electrons. The molecule has 106 valence electrons. The summed E-state index contributed by atoms with van der Waals surface area (Å²) in [6, 6.07) is 8.07. The van der Waals surface area contributed by atoms with Gasteiger partial charge in [0.05, 0.1) is 0 Å². The van der Waals surface area contributed by atoms with Gasteiger partial charge >= 0.3 is 6.18 Å². The van der Waals surface area contributed by atoms with Crippen molar-refractivity contribution in [3.8, 4) is 11.4 Å². The SMILES string of the molecule is COn1c(-c2ccccc2)nc(C(F)(F)F)c(C)c1=O. The van der Waals surface area contributed by atoms with Gasteiger partial charge in [-0.2, -0.15) is 13.2 Å². The third kappa shape index (κ3) is 2.38. The average Bonchev–Trinajstić information content (AvgIpc) is 2.41. The van der Waals surface area contributed by atoms with Crippen molar-refractivity contribution in [2.45, 2.75) is 13.1 Å². The molecule has 0 N–H and O–H groups in total. The molecule has 7 heteroatoms. The molecule has 1 heterocycles. The molecule has 0 aliphatic carbocycles. The van der Waals surface area contributed by atoms with Gasteiger partial charge in [0, 0.05) is 11.1 Å². The highest BCUT2D eigenvalue weighted by Crippen LogP contribution is 2.30. The fourth-order valence-electron chi connectivity index (χ4n) is 1.80. The number of nitrogens with zero attached hydrogens (tertiary/aromatic N) is 2. The largest absolute Gasteiger partial charge is 0.433 e. The van der Waals surface area contributed by atoms with Crippen LogP contribution in [0.3, 0.4) is 0 Å². The molecule has 0 saturated heterocycles. The number of rotatable bonds is 2. The predicted molar refractivity (Wildman–Crippen MR) is 66.2 cm³/mol. The average molecular weight is 284 g/mol. The first-order valence-electron chi connectivity index (χ1n) is 5.67. The van der Waals surface area contributed by atoms with Crippen molar-refractivity contribution < 1.29 is 18.0 Å². The fraction of sp³-hybridized carbons (Fsp3) is 0.231. The van der Waals surface area contributed by atoms with Crippen molar-refractivity contribution in [1.82, 2.24) is 9.71 Å². The summed E-state index contributed by atoms with van der Waals surface area (Å²) in [7, 11) is 1.20. The van der Waals surface area contributed by atoms with Gasteiger partial charge in [0.1, 0.15) is 7.11 Å². The summed E-state index contributed by atoms with van der Waals surface area (Å²) in [5, 5.41) is 0. The first-order chi connectivity index (χ1) is 9.36. The third-order valence-electron chi connectivity index (χ3n) is 2.75. The summed E-state index contributed by atoms with van der Waals surface area (Å²) in [6.45, 7) is 1.07. The van der Waals surface area contributed by atoms with Crippen molar-refractivity contribution in [2.75, 3.05) is 7.11 Å². The zero-order valence-corrected chi connectivity index (χ0v) is 10.7. The Bertz CT molecular complexity index is 678. The van der Waals surface area contributed by atoms with Crippen molar-refractivity contribution >= 4 is 0 Å². The molecule has 2 rings (SSSR count). The highest BCUT2D eigenvalue weighted by atomic mass is 19.4. The van der Waals surface area contributed by atoms with Gasteiger partial charge in [-0.3, -0.25) is 4.79 Å².